The fraction of sp³-hybridized carbons (Fsp3) is 0.481. The quantitative estimate of drug-likeness (QED) is 0.472. The zero-order valence-electron chi connectivity index (χ0n) is 19.5. The van der Waals surface area contributed by atoms with Crippen molar-refractivity contribution in [3.63, 3.8) is 0 Å². The smallest absolute Gasteiger partial charge is 0.243 e. The van der Waals surface area contributed by atoms with Crippen molar-refractivity contribution in [2.24, 2.45) is 0 Å². The van der Waals surface area contributed by atoms with Gasteiger partial charge in [-0.1, -0.05) is 56.5 Å². The van der Waals surface area contributed by atoms with Gasteiger partial charge >= 0.3 is 0 Å². The standard InChI is InChI=1S/C27H35FN2O3/c1-2-25(27(32)29-23-10-5-3-6-11-23)30(20-21-15-17-22(28)18-16-21)26(31)14-9-19-33-24-12-7-4-8-13-24/h4,7-8,12-13,15-18,23,25H,2-3,5-6,9-11,14,19-20H2,1H3,(H,29,32)/t25-/m0/s1. The van der Waals surface area contributed by atoms with Gasteiger partial charge in [0.2, 0.25) is 11.8 Å². The predicted molar refractivity (Wildman–Crippen MR) is 127 cm³/mol. The van der Waals surface area contributed by atoms with Crippen LogP contribution in [0.5, 0.6) is 5.75 Å². The van der Waals surface area contributed by atoms with Crippen molar-refractivity contribution in [2.45, 2.75) is 76.9 Å². The molecule has 178 valence electrons. The van der Waals surface area contributed by atoms with E-state index in [0.717, 1.165) is 37.0 Å². The Kier molecular flexibility index (Phi) is 9.73. The van der Waals surface area contributed by atoms with Gasteiger partial charge in [-0.05, 0) is 55.5 Å². The lowest BCUT2D eigenvalue weighted by Crippen LogP contribution is -2.51. The molecule has 0 saturated heterocycles. The zero-order chi connectivity index (χ0) is 23.5. The number of benzene rings is 2. The Morgan fingerprint density at radius 2 is 1.76 bits per heavy atom. The molecule has 0 aromatic heterocycles. The van der Waals surface area contributed by atoms with Crippen molar-refractivity contribution in [3.05, 3.63) is 66.0 Å². The van der Waals surface area contributed by atoms with E-state index in [-0.39, 0.29) is 36.6 Å². The number of para-hydroxylation sites is 1. The lowest BCUT2D eigenvalue weighted by Gasteiger charge is -2.33. The molecule has 0 unspecified atom stereocenters. The van der Waals surface area contributed by atoms with E-state index in [1.165, 1.54) is 18.6 Å². The molecular weight excluding hydrogens is 419 g/mol. The van der Waals surface area contributed by atoms with E-state index in [0.29, 0.717) is 19.4 Å². The van der Waals surface area contributed by atoms with Gasteiger partial charge in [-0.3, -0.25) is 9.59 Å². The molecule has 0 aliphatic heterocycles. The molecule has 5 nitrogen and oxygen atoms in total. The molecule has 0 heterocycles. The van der Waals surface area contributed by atoms with Crippen LogP contribution in [-0.4, -0.2) is 35.4 Å². The summed E-state index contributed by atoms with van der Waals surface area (Å²) >= 11 is 0. The maximum atomic E-state index is 13.4. The van der Waals surface area contributed by atoms with Crippen molar-refractivity contribution in [1.82, 2.24) is 10.2 Å². The molecule has 6 heteroatoms. The number of nitrogens with one attached hydrogen (secondary N) is 1. The van der Waals surface area contributed by atoms with E-state index in [4.69, 9.17) is 4.74 Å². The molecule has 2 aromatic carbocycles. The van der Waals surface area contributed by atoms with Gasteiger partial charge < -0.3 is 15.0 Å². The van der Waals surface area contributed by atoms with Crippen molar-refractivity contribution in [1.29, 1.82) is 0 Å². The van der Waals surface area contributed by atoms with E-state index in [9.17, 15) is 14.0 Å². The van der Waals surface area contributed by atoms with Gasteiger partial charge in [0.15, 0.2) is 0 Å². The Labute approximate surface area is 196 Å². The Balaban J connectivity index is 1.64. The van der Waals surface area contributed by atoms with Crippen molar-refractivity contribution >= 4 is 11.8 Å². The fourth-order valence-corrected chi connectivity index (χ4v) is 4.32. The summed E-state index contributed by atoms with van der Waals surface area (Å²) in [5, 5.41) is 3.17. The molecule has 0 spiro atoms. The minimum Gasteiger partial charge on any atom is -0.494 e. The van der Waals surface area contributed by atoms with Gasteiger partial charge in [-0.15, -0.1) is 0 Å². The van der Waals surface area contributed by atoms with E-state index in [2.05, 4.69) is 5.32 Å². The summed E-state index contributed by atoms with van der Waals surface area (Å²) in [6.07, 6.45) is 6.80. The number of carbonyl (C=O) groups is 2. The maximum Gasteiger partial charge on any atom is 0.243 e. The van der Waals surface area contributed by atoms with Crippen LogP contribution in [0, 0.1) is 5.82 Å². The van der Waals surface area contributed by atoms with Gasteiger partial charge in [0.05, 0.1) is 6.61 Å². The molecule has 0 radical (unpaired) electrons. The Morgan fingerprint density at radius 1 is 1.06 bits per heavy atom. The van der Waals surface area contributed by atoms with Gasteiger partial charge in [-0.25, -0.2) is 4.39 Å². The number of ether oxygens (including phenoxy) is 1. The molecule has 3 rings (SSSR count). The number of rotatable bonds is 11. The van der Waals surface area contributed by atoms with E-state index >= 15 is 0 Å². The van der Waals surface area contributed by atoms with Crippen molar-refractivity contribution < 1.29 is 18.7 Å². The third-order valence-electron chi connectivity index (χ3n) is 6.15. The van der Waals surface area contributed by atoms with Crippen LogP contribution in [0.1, 0.15) is 63.9 Å². The highest BCUT2D eigenvalue weighted by Gasteiger charge is 2.30. The molecule has 1 saturated carbocycles. The summed E-state index contributed by atoms with van der Waals surface area (Å²) in [7, 11) is 0. The number of amides is 2. The number of hydrogen-bond donors (Lipinski definition) is 1. The molecule has 1 atom stereocenters. The lowest BCUT2D eigenvalue weighted by atomic mass is 9.95. The van der Waals surface area contributed by atoms with Crippen molar-refractivity contribution in [2.75, 3.05) is 6.61 Å². The summed E-state index contributed by atoms with van der Waals surface area (Å²) in [5.41, 5.74) is 0.800. The van der Waals surface area contributed by atoms with Crippen LogP contribution >= 0.6 is 0 Å². The average molecular weight is 455 g/mol. The second-order valence-corrected chi connectivity index (χ2v) is 8.68. The molecule has 1 N–H and O–H groups in total. The molecule has 33 heavy (non-hydrogen) atoms. The van der Waals surface area contributed by atoms with Crippen LogP contribution < -0.4 is 10.1 Å². The van der Waals surface area contributed by atoms with Crippen LogP contribution in [-0.2, 0) is 16.1 Å². The highest BCUT2D eigenvalue weighted by Crippen LogP contribution is 2.20. The van der Waals surface area contributed by atoms with Crippen LogP contribution in [0.4, 0.5) is 4.39 Å². The Morgan fingerprint density at radius 3 is 2.42 bits per heavy atom. The fourth-order valence-electron chi connectivity index (χ4n) is 4.32. The molecule has 1 fully saturated rings. The average Bonchev–Trinajstić information content (AvgIpc) is 2.84. The summed E-state index contributed by atoms with van der Waals surface area (Å²) in [6.45, 7) is 2.62. The molecule has 1 aliphatic rings. The van der Waals surface area contributed by atoms with Crippen LogP contribution in [0.3, 0.4) is 0 Å². The number of halogens is 1. The first-order valence-corrected chi connectivity index (χ1v) is 12.1. The van der Waals surface area contributed by atoms with Gasteiger partial charge in [-0.2, -0.15) is 0 Å². The molecule has 1 aliphatic carbocycles. The third-order valence-corrected chi connectivity index (χ3v) is 6.15. The number of hydrogen-bond acceptors (Lipinski definition) is 3. The third kappa shape index (κ3) is 7.88. The molecular formula is C27H35FN2O3. The highest BCUT2D eigenvalue weighted by molar-refractivity contribution is 5.87. The topological polar surface area (TPSA) is 58.6 Å². The summed E-state index contributed by atoms with van der Waals surface area (Å²) in [5.74, 6) is 0.255. The zero-order valence-corrected chi connectivity index (χ0v) is 19.5. The van der Waals surface area contributed by atoms with Crippen LogP contribution in [0.25, 0.3) is 0 Å². The number of nitrogens with zero attached hydrogens (tertiary/aromatic N) is 1. The maximum absolute atomic E-state index is 13.4. The first kappa shape index (κ1) is 24.7. The predicted octanol–water partition coefficient (Wildman–Crippen LogP) is 5.24. The van der Waals surface area contributed by atoms with Gasteiger partial charge in [0, 0.05) is 19.0 Å². The molecule has 0 bridgehead atoms. The van der Waals surface area contributed by atoms with Crippen molar-refractivity contribution in [3.8, 4) is 5.75 Å². The largest absolute Gasteiger partial charge is 0.494 e. The SMILES string of the molecule is CC[C@@H](C(=O)NC1CCCCC1)N(Cc1ccc(F)cc1)C(=O)CCCOc1ccccc1. The minimum absolute atomic E-state index is 0.0957. The molecule has 2 aromatic rings. The first-order chi connectivity index (χ1) is 16.1. The Bertz CT molecular complexity index is 867. The molecule has 2 amide bonds. The summed E-state index contributed by atoms with van der Waals surface area (Å²) < 4.78 is 19.1. The van der Waals surface area contributed by atoms with Crippen LogP contribution in [0.2, 0.25) is 0 Å². The number of carbonyl (C=O) groups excluding carboxylic acids is 2. The Hall–Kier alpha value is -2.89. The monoisotopic (exact) mass is 454 g/mol. The summed E-state index contributed by atoms with van der Waals surface area (Å²) in [4.78, 5) is 28.0. The van der Waals surface area contributed by atoms with Gasteiger partial charge in [0.25, 0.3) is 0 Å². The lowest BCUT2D eigenvalue weighted by molar-refractivity contribution is -0.142. The van der Waals surface area contributed by atoms with E-state index in [1.807, 2.05) is 37.3 Å². The highest BCUT2D eigenvalue weighted by atomic mass is 19.1. The minimum atomic E-state index is -0.556. The normalized spacial score (nSPS) is 15.0. The second-order valence-electron chi connectivity index (χ2n) is 8.68. The summed E-state index contributed by atoms with van der Waals surface area (Å²) in [6, 6.07) is 15.2. The second kappa shape index (κ2) is 13.0. The van der Waals surface area contributed by atoms with E-state index < -0.39 is 6.04 Å². The first-order valence-electron chi connectivity index (χ1n) is 12.1. The van der Waals surface area contributed by atoms with Crippen LogP contribution in [0.15, 0.2) is 54.6 Å². The van der Waals surface area contributed by atoms with E-state index in [1.54, 1.807) is 17.0 Å². The van der Waals surface area contributed by atoms with Gasteiger partial charge in [0.1, 0.15) is 17.6 Å².